The smallest absolute Gasteiger partial charge is 0.306 e. The highest BCUT2D eigenvalue weighted by molar-refractivity contribution is 5.71. The molecule has 0 saturated carbocycles. The predicted octanol–water partition coefficient (Wildman–Crippen LogP) is 20.9. The molecule has 0 aromatic heterocycles. The molecule has 0 unspecified atom stereocenters. The topological polar surface area (TPSA) is 78.9 Å². The van der Waals surface area contributed by atoms with Crippen LogP contribution in [0.2, 0.25) is 0 Å². The molecule has 0 aromatic carbocycles. The van der Waals surface area contributed by atoms with Crippen LogP contribution in [0.25, 0.3) is 0 Å². The molecule has 0 heterocycles. The molecular weight excluding hydrogens is 901 g/mol. The van der Waals surface area contributed by atoms with Crippen molar-refractivity contribution in [3.63, 3.8) is 0 Å². The van der Waals surface area contributed by atoms with Crippen LogP contribution >= 0.6 is 0 Å². The first-order valence-corrected chi connectivity index (χ1v) is 30.7. The van der Waals surface area contributed by atoms with Gasteiger partial charge in [-0.2, -0.15) is 0 Å². The second-order valence-corrected chi connectivity index (χ2v) is 20.3. The van der Waals surface area contributed by atoms with Gasteiger partial charge in [-0.15, -0.1) is 0 Å². The molecule has 0 rings (SSSR count). The molecule has 0 aliphatic carbocycles. The van der Waals surface area contributed by atoms with E-state index in [2.05, 4.69) is 118 Å². The third-order valence-corrected chi connectivity index (χ3v) is 13.1. The normalized spacial score (nSPS) is 12.4. The van der Waals surface area contributed by atoms with Crippen LogP contribution in [0.5, 0.6) is 0 Å². The summed E-state index contributed by atoms with van der Waals surface area (Å²) >= 11 is 0. The molecule has 73 heavy (non-hydrogen) atoms. The van der Waals surface area contributed by atoms with Crippen molar-refractivity contribution < 1.29 is 28.6 Å². The Balaban J connectivity index is 4.49. The molecular formula is C67H114O6. The number of unbranched alkanes of at least 4 members (excludes halogenated alkanes) is 28. The Hall–Kier alpha value is -3.67. The van der Waals surface area contributed by atoms with Gasteiger partial charge in [0, 0.05) is 19.3 Å². The van der Waals surface area contributed by atoms with Gasteiger partial charge in [-0.1, -0.05) is 259 Å². The zero-order chi connectivity index (χ0) is 52.9. The maximum atomic E-state index is 12.9. The minimum atomic E-state index is -0.805. The van der Waals surface area contributed by atoms with E-state index in [1.807, 2.05) is 0 Å². The minimum absolute atomic E-state index is 0.103. The third-order valence-electron chi connectivity index (χ3n) is 13.1. The lowest BCUT2D eigenvalue weighted by Crippen LogP contribution is -2.30. The second-order valence-electron chi connectivity index (χ2n) is 20.3. The van der Waals surface area contributed by atoms with E-state index >= 15 is 0 Å². The van der Waals surface area contributed by atoms with E-state index in [9.17, 15) is 14.4 Å². The Bertz CT molecular complexity index is 1360. The van der Waals surface area contributed by atoms with Gasteiger partial charge in [-0.3, -0.25) is 14.4 Å². The van der Waals surface area contributed by atoms with E-state index in [1.54, 1.807) is 0 Å². The zero-order valence-corrected chi connectivity index (χ0v) is 47.9. The van der Waals surface area contributed by atoms with Gasteiger partial charge >= 0.3 is 17.9 Å². The van der Waals surface area contributed by atoms with E-state index in [4.69, 9.17) is 14.2 Å². The van der Waals surface area contributed by atoms with Crippen molar-refractivity contribution in [3.8, 4) is 0 Å². The molecule has 0 fully saturated rings. The molecule has 0 radical (unpaired) electrons. The Morgan fingerprint density at radius 1 is 0.274 bits per heavy atom. The average molecular weight is 1020 g/mol. The van der Waals surface area contributed by atoms with Crippen molar-refractivity contribution in [1.82, 2.24) is 0 Å². The van der Waals surface area contributed by atoms with E-state index < -0.39 is 6.10 Å². The van der Waals surface area contributed by atoms with Crippen LogP contribution in [0.3, 0.4) is 0 Å². The summed E-state index contributed by atoms with van der Waals surface area (Å²) in [6, 6.07) is 0. The van der Waals surface area contributed by atoms with Gasteiger partial charge in [0.15, 0.2) is 6.10 Å². The van der Waals surface area contributed by atoms with Crippen molar-refractivity contribution in [3.05, 3.63) is 97.2 Å². The van der Waals surface area contributed by atoms with Gasteiger partial charge in [-0.25, -0.2) is 0 Å². The highest BCUT2D eigenvalue weighted by Gasteiger charge is 2.19. The number of ether oxygens (including phenoxy) is 3. The number of hydrogen-bond donors (Lipinski definition) is 0. The first kappa shape index (κ1) is 69.3. The SMILES string of the molecule is CCCCC/C=C\C/C=C\C/C=C\C/C=C\CCCCCC(=O)OCC(COC(=O)CCCCC/C=C\C/C=C\C/C=C\C/C=C\CCCCC)OC(=O)CCCCCCCCCCCCCCCCCCC. The van der Waals surface area contributed by atoms with Gasteiger partial charge in [0.25, 0.3) is 0 Å². The number of esters is 3. The van der Waals surface area contributed by atoms with E-state index in [-0.39, 0.29) is 31.1 Å². The van der Waals surface area contributed by atoms with Gasteiger partial charge in [0.2, 0.25) is 0 Å². The molecule has 6 heteroatoms. The Labute approximate surface area is 451 Å². The number of hydrogen-bond acceptors (Lipinski definition) is 6. The van der Waals surface area contributed by atoms with Crippen molar-refractivity contribution in [2.24, 2.45) is 0 Å². The van der Waals surface area contributed by atoms with Crippen molar-refractivity contribution in [2.45, 2.75) is 297 Å². The van der Waals surface area contributed by atoms with Crippen LogP contribution in [0.15, 0.2) is 97.2 Å². The molecule has 0 aliphatic rings. The van der Waals surface area contributed by atoms with Crippen molar-refractivity contribution in [1.29, 1.82) is 0 Å². The predicted molar refractivity (Wildman–Crippen MR) is 316 cm³/mol. The number of rotatable bonds is 55. The third kappa shape index (κ3) is 59.1. The van der Waals surface area contributed by atoms with Crippen LogP contribution in [-0.4, -0.2) is 37.2 Å². The fourth-order valence-electron chi connectivity index (χ4n) is 8.41. The van der Waals surface area contributed by atoms with Gasteiger partial charge in [-0.05, 0) is 109 Å². The standard InChI is InChI=1S/C67H114O6/c1-4-7-10-13-16-19-22-25-28-31-33-36-38-41-44-47-50-53-56-59-65(68)71-62-64(73-67(70)61-58-55-52-49-46-43-40-35-30-27-24-21-18-15-12-9-6-3)63-72-66(69)60-57-54-51-48-45-42-39-37-34-32-29-26-23-20-17-14-11-8-5-2/h16-17,19-20,25-26,28-29,33-34,36-37,41-42,44-45,64H,4-15,18,21-24,27,30-32,35,38-40,43,46-63H2,1-3H3/b19-16-,20-17-,28-25-,29-26-,36-33-,37-34-,44-41-,45-42-. The van der Waals surface area contributed by atoms with Gasteiger partial charge < -0.3 is 14.2 Å². The van der Waals surface area contributed by atoms with E-state index in [0.29, 0.717) is 19.3 Å². The Kier molecular flexibility index (Phi) is 57.8. The fraction of sp³-hybridized carbons (Fsp3) is 0.716. The number of carbonyl (C=O) groups excluding carboxylic acids is 3. The van der Waals surface area contributed by atoms with Crippen molar-refractivity contribution in [2.75, 3.05) is 13.2 Å². The lowest BCUT2D eigenvalue weighted by atomic mass is 10.0. The molecule has 418 valence electrons. The molecule has 6 nitrogen and oxygen atoms in total. The maximum absolute atomic E-state index is 12.9. The molecule has 0 saturated heterocycles. The Morgan fingerprint density at radius 3 is 0.795 bits per heavy atom. The van der Waals surface area contributed by atoms with Crippen LogP contribution in [-0.2, 0) is 28.6 Å². The maximum Gasteiger partial charge on any atom is 0.306 e. The molecule has 0 bridgehead atoms. The lowest BCUT2D eigenvalue weighted by Gasteiger charge is -2.18. The minimum Gasteiger partial charge on any atom is -0.462 e. The quantitative estimate of drug-likeness (QED) is 0.0261. The lowest BCUT2D eigenvalue weighted by molar-refractivity contribution is -0.167. The average Bonchev–Trinajstić information content (AvgIpc) is 3.39. The van der Waals surface area contributed by atoms with Crippen molar-refractivity contribution >= 4 is 17.9 Å². The summed E-state index contributed by atoms with van der Waals surface area (Å²) in [5.74, 6) is -0.952. The Morgan fingerprint density at radius 2 is 0.493 bits per heavy atom. The summed E-state index contributed by atoms with van der Waals surface area (Å²) in [5.41, 5.74) is 0. The first-order valence-electron chi connectivity index (χ1n) is 30.7. The molecule has 0 amide bonds. The molecule has 0 spiro atoms. The van der Waals surface area contributed by atoms with E-state index in [1.165, 1.54) is 141 Å². The van der Waals surface area contributed by atoms with Crippen LogP contribution in [0.4, 0.5) is 0 Å². The number of carbonyl (C=O) groups is 3. The zero-order valence-electron chi connectivity index (χ0n) is 47.9. The summed E-state index contributed by atoms with van der Waals surface area (Å²) in [6.45, 7) is 6.55. The fourth-order valence-corrected chi connectivity index (χ4v) is 8.41. The first-order chi connectivity index (χ1) is 36.0. The highest BCUT2D eigenvalue weighted by Crippen LogP contribution is 2.16. The van der Waals surface area contributed by atoms with Gasteiger partial charge in [0.1, 0.15) is 13.2 Å². The van der Waals surface area contributed by atoms with Crippen LogP contribution in [0, 0.1) is 0 Å². The summed E-state index contributed by atoms with van der Waals surface area (Å²) in [5, 5.41) is 0. The van der Waals surface area contributed by atoms with Crippen LogP contribution in [0.1, 0.15) is 290 Å². The summed E-state index contributed by atoms with van der Waals surface area (Å²) in [7, 11) is 0. The molecule has 0 aromatic rings. The second kappa shape index (κ2) is 60.9. The largest absolute Gasteiger partial charge is 0.462 e. The summed E-state index contributed by atoms with van der Waals surface area (Å²) < 4.78 is 16.9. The van der Waals surface area contributed by atoms with Crippen LogP contribution < -0.4 is 0 Å². The summed E-state index contributed by atoms with van der Waals surface area (Å²) in [6.07, 6.45) is 81.1. The van der Waals surface area contributed by atoms with E-state index in [0.717, 1.165) is 109 Å². The van der Waals surface area contributed by atoms with Gasteiger partial charge in [0.05, 0.1) is 0 Å². The number of allylic oxidation sites excluding steroid dienone is 16. The summed E-state index contributed by atoms with van der Waals surface area (Å²) in [4.78, 5) is 38.3. The highest BCUT2D eigenvalue weighted by atomic mass is 16.6. The monoisotopic (exact) mass is 1010 g/mol. The molecule has 0 aliphatic heterocycles. The molecule has 0 atom stereocenters. The molecule has 0 N–H and O–H groups in total.